The molecule has 3 rings (SSSR count). The van der Waals surface area contributed by atoms with Gasteiger partial charge < -0.3 is 20.4 Å². The Balaban J connectivity index is 0.00000289. The van der Waals surface area contributed by atoms with E-state index in [-0.39, 0.29) is 42.7 Å². The maximum Gasteiger partial charge on any atom is 0.258 e. The molecule has 1 heterocycles. The minimum absolute atomic E-state index is 0. The van der Waals surface area contributed by atoms with Crippen LogP contribution in [0, 0.1) is 11.3 Å². The van der Waals surface area contributed by atoms with Gasteiger partial charge in [0.1, 0.15) is 11.8 Å². The number of ether oxygens (including phenoxy) is 1. The van der Waals surface area contributed by atoms with Crippen molar-refractivity contribution in [3.8, 4) is 5.75 Å². The van der Waals surface area contributed by atoms with Crippen molar-refractivity contribution in [3.05, 3.63) is 65.2 Å². The zero-order valence-corrected chi connectivity index (χ0v) is 20.6. The maximum absolute atomic E-state index is 13.4. The van der Waals surface area contributed by atoms with Gasteiger partial charge in [-0.15, -0.1) is 0 Å². The number of benzene rings is 2. The second kappa shape index (κ2) is 12.8. The zero-order chi connectivity index (χ0) is 23.3. The standard InChI is InChI=1S/C26H33ClN2O3.CH4.H2O/c1-18(2)24(28-23(30)16-32-21-8-6-5-7-9-21)25(31)29-15-14-22(26(3,4)17-29)19-10-12-20(27)13-11-19;;/h5-13,18,22,24H,14-17H2,1-4H3,(H,28,30);1H4;1H2/t22-,24-;;/m1../s1. The zero-order valence-electron chi connectivity index (χ0n) is 19.8. The third-order valence-electron chi connectivity index (χ3n) is 6.18. The van der Waals surface area contributed by atoms with Crippen molar-refractivity contribution in [2.75, 3.05) is 19.7 Å². The van der Waals surface area contributed by atoms with Gasteiger partial charge in [0.15, 0.2) is 6.61 Å². The van der Waals surface area contributed by atoms with Crippen molar-refractivity contribution < 1.29 is 19.8 Å². The Morgan fingerprint density at radius 2 is 1.74 bits per heavy atom. The number of halogens is 1. The molecule has 0 saturated carbocycles. The second-order valence-corrected chi connectivity index (χ2v) is 9.97. The molecule has 1 saturated heterocycles. The fraction of sp³-hybridized carbons (Fsp3) is 0.481. The molecule has 2 amide bonds. The number of para-hydroxylation sites is 1. The average molecular weight is 491 g/mol. The Bertz CT molecular complexity index is 916. The van der Waals surface area contributed by atoms with E-state index in [9.17, 15) is 9.59 Å². The highest BCUT2D eigenvalue weighted by atomic mass is 35.5. The molecule has 2 aromatic carbocycles. The van der Waals surface area contributed by atoms with Crippen LogP contribution in [0.4, 0.5) is 0 Å². The summed E-state index contributed by atoms with van der Waals surface area (Å²) >= 11 is 6.05. The maximum atomic E-state index is 13.4. The molecule has 3 N–H and O–H groups in total. The third kappa shape index (κ3) is 7.47. The van der Waals surface area contributed by atoms with Crippen LogP contribution in [0.1, 0.15) is 53.0 Å². The number of carbonyl (C=O) groups is 2. The van der Waals surface area contributed by atoms with Crippen molar-refractivity contribution in [2.45, 2.75) is 53.5 Å². The highest BCUT2D eigenvalue weighted by Gasteiger charge is 2.40. The summed E-state index contributed by atoms with van der Waals surface area (Å²) < 4.78 is 5.53. The number of hydrogen-bond acceptors (Lipinski definition) is 3. The number of carbonyl (C=O) groups excluding carboxylic acids is 2. The molecule has 1 aliphatic rings. The number of nitrogens with zero attached hydrogens (tertiary/aromatic N) is 1. The van der Waals surface area contributed by atoms with Gasteiger partial charge in [0, 0.05) is 18.1 Å². The summed E-state index contributed by atoms with van der Waals surface area (Å²) in [5, 5.41) is 3.62. The Kier molecular flexibility index (Phi) is 11.1. The average Bonchev–Trinajstić information content (AvgIpc) is 2.76. The van der Waals surface area contributed by atoms with E-state index in [4.69, 9.17) is 16.3 Å². The van der Waals surface area contributed by atoms with Crippen molar-refractivity contribution in [2.24, 2.45) is 11.3 Å². The fourth-order valence-electron chi connectivity index (χ4n) is 4.45. The Labute approximate surface area is 208 Å². The van der Waals surface area contributed by atoms with Gasteiger partial charge in [0.05, 0.1) is 0 Å². The van der Waals surface area contributed by atoms with Crippen molar-refractivity contribution in [1.82, 2.24) is 10.2 Å². The molecule has 0 spiro atoms. The molecular weight excluding hydrogens is 452 g/mol. The molecule has 1 aliphatic heterocycles. The third-order valence-corrected chi connectivity index (χ3v) is 6.43. The molecule has 0 unspecified atom stereocenters. The molecule has 2 atom stereocenters. The SMILES string of the molecule is C.CC(C)[C@@H](NC(=O)COc1ccccc1)C(=O)N1CC[C@H](c2ccc(Cl)cc2)C(C)(C)C1.O. The van der Waals surface area contributed by atoms with E-state index in [2.05, 4.69) is 31.3 Å². The van der Waals surface area contributed by atoms with Crippen LogP contribution in [-0.4, -0.2) is 47.9 Å². The van der Waals surface area contributed by atoms with Crippen LogP contribution >= 0.6 is 11.6 Å². The van der Waals surface area contributed by atoms with Gasteiger partial charge in [-0.05, 0) is 53.5 Å². The van der Waals surface area contributed by atoms with Gasteiger partial charge >= 0.3 is 0 Å². The van der Waals surface area contributed by atoms with E-state index >= 15 is 0 Å². The normalized spacial score (nSPS) is 17.7. The summed E-state index contributed by atoms with van der Waals surface area (Å²) in [7, 11) is 0. The Morgan fingerprint density at radius 1 is 1.12 bits per heavy atom. The fourth-order valence-corrected chi connectivity index (χ4v) is 4.57. The largest absolute Gasteiger partial charge is 0.484 e. The first kappa shape index (κ1) is 29.5. The minimum atomic E-state index is -0.579. The minimum Gasteiger partial charge on any atom is -0.484 e. The van der Waals surface area contributed by atoms with Gasteiger partial charge in [0.2, 0.25) is 5.91 Å². The van der Waals surface area contributed by atoms with E-state index in [1.165, 1.54) is 5.56 Å². The van der Waals surface area contributed by atoms with Crippen LogP contribution in [0.3, 0.4) is 0 Å². The first-order chi connectivity index (χ1) is 15.2. The summed E-state index contributed by atoms with van der Waals surface area (Å²) in [4.78, 5) is 27.8. The van der Waals surface area contributed by atoms with Crippen molar-refractivity contribution in [3.63, 3.8) is 0 Å². The highest BCUT2D eigenvalue weighted by molar-refractivity contribution is 6.30. The predicted octanol–water partition coefficient (Wildman–Crippen LogP) is 4.71. The molecule has 7 heteroatoms. The quantitative estimate of drug-likeness (QED) is 0.609. The first-order valence-electron chi connectivity index (χ1n) is 11.2. The lowest BCUT2D eigenvalue weighted by Crippen LogP contribution is -2.56. The number of rotatable bonds is 7. The van der Waals surface area contributed by atoms with E-state index in [0.29, 0.717) is 24.8 Å². The van der Waals surface area contributed by atoms with Crippen LogP contribution in [0.2, 0.25) is 5.02 Å². The second-order valence-electron chi connectivity index (χ2n) is 9.53. The molecule has 0 aromatic heterocycles. The van der Waals surface area contributed by atoms with E-state index < -0.39 is 6.04 Å². The molecular formula is C27H39ClN2O4. The molecule has 6 nitrogen and oxygen atoms in total. The van der Waals surface area contributed by atoms with Crippen molar-refractivity contribution in [1.29, 1.82) is 0 Å². The molecule has 0 bridgehead atoms. The van der Waals surface area contributed by atoms with Crippen LogP contribution in [0.15, 0.2) is 54.6 Å². The highest BCUT2D eigenvalue weighted by Crippen LogP contribution is 2.42. The van der Waals surface area contributed by atoms with Crippen molar-refractivity contribution >= 4 is 23.4 Å². The lowest BCUT2D eigenvalue weighted by Gasteiger charge is -2.45. The Morgan fingerprint density at radius 3 is 2.29 bits per heavy atom. The van der Waals surface area contributed by atoms with Crippen LogP contribution in [-0.2, 0) is 9.59 Å². The number of nitrogens with one attached hydrogen (secondary N) is 1. The predicted molar refractivity (Wildman–Crippen MR) is 138 cm³/mol. The van der Waals surface area contributed by atoms with Gasteiger partial charge in [0.25, 0.3) is 5.91 Å². The molecule has 0 radical (unpaired) electrons. The summed E-state index contributed by atoms with van der Waals surface area (Å²) in [5.41, 5.74) is 1.15. The van der Waals surface area contributed by atoms with E-state index in [0.717, 1.165) is 11.4 Å². The topological polar surface area (TPSA) is 90.1 Å². The summed E-state index contributed by atoms with van der Waals surface area (Å²) in [6.45, 7) is 9.47. The summed E-state index contributed by atoms with van der Waals surface area (Å²) in [6, 6.07) is 16.6. The number of hydrogen-bond donors (Lipinski definition) is 1. The van der Waals surface area contributed by atoms with Crippen LogP contribution < -0.4 is 10.1 Å². The lowest BCUT2D eigenvalue weighted by molar-refractivity contribution is -0.141. The van der Waals surface area contributed by atoms with Gasteiger partial charge in [-0.3, -0.25) is 9.59 Å². The lowest BCUT2D eigenvalue weighted by atomic mass is 9.70. The van der Waals surface area contributed by atoms with Crippen LogP contribution in [0.25, 0.3) is 0 Å². The molecule has 2 aromatic rings. The van der Waals surface area contributed by atoms with Crippen LogP contribution in [0.5, 0.6) is 5.75 Å². The number of piperidine rings is 1. The van der Waals surface area contributed by atoms with Gasteiger partial charge in [-0.25, -0.2) is 0 Å². The molecule has 1 fully saturated rings. The number of likely N-dealkylation sites (tertiary alicyclic amines) is 1. The van der Waals surface area contributed by atoms with Gasteiger partial charge in [-0.1, -0.05) is 77.1 Å². The number of amides is 2. The Hall–Kier alpha value is -2.57. The smallest absolute Gasteiger partial charge is 0.258 e. The summed E-state index contributed by atoms with van der Waals surface area (Å²) in [5.74, 6) is 0.614. The molecule has 188 valence electrons. The first-order valence-corrected chi connectivity index (χ1v) is 11.6. The van der Waals surface area contributed by atoms with E-state index in [1.54, 1.807) is 12.1 Å². The molecule has 34 heavy (non-hydrogen) atoms. The monoisotopic (exact) mass is 490 g/mol. The van der Waals surface area contributed by atoms with E-state index in [1.807, 2.05) is 49.1 Å². The summed E-state index contributed by atoms with van der Waals surface area (Å²) in [6.07, 6.45) is 0.871. The van der Waals surface area contributed by atoms with Gasteiger partial charge in [-0.2, -0.15) is 0 Å². The molecule has 0 aliphatic carbocycles.